The van der Waals surface area contributed by atoms with E-state index in [1.807, 2.05) is 38.2 Å². The second-order valence-electron chi connectivity index (χ2n) is 3.15. The number of amides is 1. The summed E-state index contributed by atoms with van der Waals surface area (Å²) in [5.41, 5.74) is 0. The van der Waals surface area contributed by atoms with Crippen molar-refractivity contribution in [3.05, 3.63) is 29.3 Å². The standard InChI is InChI=1S/C11H14ClNOS/c1-3-13(2)11(14)8-15-10-6-4-9(12)5-7-10/h4-7H,3,8H2,1-2H3. The molecule has 82 valence electrons. The first-order valence-corrected chi connectivity index (χ1v) is 6.12. The lowest BCUT2D eigenvalue weighted by Gasteiger charge is -2.13. The largest absolute Gasteiger partial charge is 0.345 e. The topological polar surface area (TPSA) is 20.3 Å². The van der Waals surface area contributed by atoms with E-state index in [-0.39, 0.29) is 5.91 Å². The zero-order chi connectivity index (χ0) is 11.3. The summed E-state index contributed by atoms with van der Waals surface area (Å²) in [6, 6.07) is 7.51. The molecule has 0 heterocycles. The molecule has 4 heteroatoms. The fraction of sp³-hybridized carbons (Fsp3) is 0.364. The highest BCUT2D eigenvalue weighted by molar-refractivity contribution is 8.00. The summed E-state index contributed by atoms with van der Waals surface area (Å²) in [5.74, 6) is 0.629. The van der Waals surface area contributed by atoms with Gasteiger partial charge in [-0.2, -0.15) is 0 Å². The molecule has 15 heavy (non-hydrogen) atoms. The molecule has 0 fully saturated rings. The Hall–Kier alpha value is -0.670. The van der Waals surface area contributed by atoms with Gasteiger partial charge < -0.3 is 4.90 Å². The molecule has 2 nitrogen and oxygen atoms in total. The van der Waals surface area contributed by atoms with Crippen molar-refractivity contribution in [2.75, 3.05) is 19.3 Å². The molecule has 0 aliphatic heterocycles. The lowest BCUT2D eigenvalue weighted by molar-refractivity contribution is -0.126. The van der Waals surface area contributed by atoms with Crippen LogP contribution < -0.4 is 0 Å². The second-order valence-corrected chi connectivity index (χ2v) is 4.64. The number of halogens is 1. The lowest BCUT2D eigenvalue weighted by atomic mass is 10.4. The van der Waals surface area contributed by atoms with Crippen LogP contribution in [0.15, 0.2) is 29.2 Å². The Morgan fingerprint density at radius 3 is 2.53 bits per heavy atom. The zero-order valence-corrected chi connectivity index (χ0v) is 10.4. The number of carbonyl (C=O) groups is 1. The molecule has 0 unspecified atom stereocenters. The van der Waals surface area contributed by atoms with Crippen LogP contribution in [0.3, 0.4) is 0 Å². The Kier molecular flexibility index (Phi) is 4.99. The van der Waals surface area contributed by atoms with E-state index in [1.54, 1.807) is 4.90 Å². The minimum atomic E-state index is 0.150. The van der Waals surface area contributed by atoms with Gasteiger partial charge >= 0.3 is 0 Å². The minimum absolute atomic E-state index is 0.150. The van der Waals surface area contributed by atoms with E-state index in [4.69, 9.17) is 11.6 Å². The summed E-state index contributed by atoms with van der Waals surface area (Å²) >= 11 is 7.29. The molecule has 0 aliphatic carbocycles. The van der Waals surface area contributed by atoms with Crippen molar-refractivity contribution >= 4 is 29.3 Å². The Morgan fingerprint density at radius 1 is 1.40 bits per heavy atom. The molecule has 0 aliphatic rings. The van der Waals surface area contributed by atoms with Gasteiger partial charge in [-0.25, -0.2) is 0 Å². The maximum atomic E-state index is 11.5. The fourth-order valence-corrected chi connectivity index (χ4v) is 1.93. The number of carbonyl (C=O) groups excluding carboxylic acids is 1. The molecule has 1 rings (SSSR count). The van der Waals surface area contributed by atoms with E-state index in [2.05, 4.69) is 0 Å². The van der Waals surface area contributed by atoms with Gasteiger partial charge in [0.15, 0.2) is 0 Å². The van der Waals surface area contributed by atoms with Crippen LogP contribution in [-0.4, -0.2) is 30.2 Å². The molecule has 0 bridgehead atoms. The Labute approximate surface area is 99.6 Å². The van der Waals surface area contributed by atoms with E-state index in [0.717, 1.165) is 16.5 Å². The molecule has 0 saturated carbocycles. The number of nitrogens with zero attached hydrogens (tertiary/aromatic N) is 1. The summed E-state index contributed by atoms with van der Waals surface area (Å²) in [4.78, 5) is 14.3. The molecule has 0 atom stereocenters. The van der Waals surface area contributed by atoms with Crippen LogP contribution in [-0.2, 0) is 4.79 Å². The van der Waals surface area contributed by atoms with Crippen molar-refractivity contribution < 1.29 is 4.79 Å². The van der Waals surface area contributed by atoms with Gasteiger partial charge in [0.25, 0.3) is 0 Å². The fourth-order valence-electron chi connectivity index (χ4n) is 0.962. The highest BCUT2D eigenvalue weighted by Gasteiger charge is 2.06. The van der Waals surface area contributed by atoms with Crippen LogP contribution in [0, 0.1) is 0 Å². The molecule has 0 saturated heterocycles. The summed E-state index contributed by atoms with van der Waals surface area (Å²) in [5, 5.41) is 0.719. The molecular weight excluding hydrogens is 230 g/mol. The van der Waals surface area contributed by atoms with Crippen molar-refractivity contribution in [3.8, 4) is 0 Å². The third-order valence-electron chi connectivity index (χ3n) is 2.08. The van der Waals surface area contributed by atoms with Gasteiger partial charge in [-0.1, -0.05) is 11.6 Å². The summed E-state index contributed by atoms with van der Waals surface area (Å²) < 4.78 is 0. The Balaban J connectivity index is 2.43. The Morgan fingerprint density at radius 2 is 2.00 bits per heavy atom. The average molecular weight is 244 g/mol. The molecule has 0 N–H and O–H groups in total. The smallest absolute Gasteiger partial charge is 0.232 e. The molecule has 1 aromatic carbocycles. The molecular formula is C11H14ClNOS. The number of hydrogen-bond acceptors (Lipinski definition) is 2. The van der Waals surface area contributed by atoms with Crippen molar-refractivity contribution in [1.82, 2.24) is 4.90 Å². The van der Waals surface area contributed by atoms with Crippen molar-refractivity contribution in [1.29, 1.82) is 0 Å². The molecule has 0 aromatic heterocycles. The number of thioether (sulfide) groups is 1. The maximum Gasteiger partial charge on any atom is 0.232 e. The van der Waals surface area contributed by atoms with Crippen LogP contribution in [0.5, 0.6) is 0 Å². The van der Waals surface area contributed by atoms with Gasteiger partial charge in [0, 0.05) is 23.5 Å². The third-order valence-corrected chi connectivity index (χ3v) is 3.32. The molecule has 0 spiro atoms. The predicted molar refractivity (Wildman–Crippen MR) is 65.5 cm³/mol. The highest BCUT2D eigenvalue weighted by atomic mass is 35.5. The average Bonchev–Trinajstić information content (AvgIpc) is 2.26. The first kappa shape index (κ1) is 12.4. The van der Waals surface area contributed by atoms with Crippen LogP contribution in [0.2, 0.25) is 5.02 Å². The van der Waals surface area contributed by atoms with Crippen LogP contribution in [0.1, 0.15) is 6.92 Å². The van der Waals surface area contributed by atoms with Gasteiger partial charge in [0.2, 0.25) is 5.91 Å². The van der Waals surface area contributed by atoms with Gasteiger partial charge in [0.05, 0.1) is 5.75 Å². The van der Waals surface area contributed by atoms with Gasteiger partial charge in [-0.3, -0.25) is 4.79 Å². The summed E-state index contributed by atoms with van der Waals surface area (Å²) in [7, 11) is 1.81. The lowest BCUT2D eigenvalue weighted by Crippen LogP contribution is -2.27. The quantitative estimate of drug-likeness (QED) is 0.758. The monoisotopic (exact) mass is 243 g/mol. The van der Waals surface area contributed by atoms with Gasteiger partial charge in [0.1, 0.15) is 0 Å². The van der Waals surface area contributed by atoms with Crippen molar-refractivity contribution in [2.24, 2.45) is 0 Å². The van der Waals surface area contributed by atoms with E-state index in [9.17, 15) is 4.79 Å². The Bertz CT molecular complexity index is 326. The van der Waals surface area contributed by atoms with Crippen molar-refractivity contribution in [2.45, 2.75) is 11.8 Å². The number of hydrogen-bond donors (Lipinski definition) is 0. The molecule has 1 amide bonds. The number of rotatable bonds is 4. The highest BCUT2D eigenvalue weighted by Crippen LogP contribution is 2.20. The number of benzene rings is 1. The first-order chi connectivity index (χ1) is 7.13. The van der Waals surface area contributed by atoms with Crippen LogP contribution in [0.25, 0.3) is 0 Å². The van der Waals surface area contributed by atoms with Gasteiger partial charge in [-0.15, -0.1) is 11.8 Å². The molecule has 1 aromatic rings. The van der Waals surface area contributed by atoms with Crippen molar-refractivity contribution in [3.63, 3.8) is 0 Å². The zero-order valence-electron chi connectivity index (χ0n) is 8.87. The summed E-state index contributed by atoms with van der Waals surface area (Å²) in [6.07, 6.45) is 0. The van der Waals surface area contributed by atoms with Crippen LogP contribution in [0.4, 0.5) is 0 Å². The first-order valence-electron chi connectivity index (χ1n) is 4.75. The molecule has 0 radical (unpaired) electrons. The van der Waals surface area contributed by atoms with E-state index >= 15 is 0 Å². The minimum Gasteiger partial charge on any atom is -0.345 e. The normalized spacial score (nSPS) is 10.1. The maximum absolute atomic E-state index is 11.5. The van der Waals surface area contributed by atoms with E-state index in [0.29, 0.717) is 5.75 Å². The third kappa shape index (κ3) is 4.14. The SMILES string of the molecule is CCN(C)C(=O)CSc1ccc(Cl)cc1. The second kappa shape index (κ2) is 6.03. The van der Waals surface area contributed by atoms with Crippen LogP contribution >= 0.6 is 23.4 Å². The van der Waals surface area contributed by atoms with E-state index in [1.165, 1.54) is 11.8 Å². The van der Waals surface area contributed by atoms with Gasteiger partial charge in [-0.05, 0) is 31.2 Å². The van der Waals surface area contributed by atoms with E-state index < -0.39 is 0 Å². The summed E-state index contributed by atoms with van der Waals surface area (Å²) in [6.45, 7) is 2.71. The predicted octanol–water partition coefficient (Wildman–Crippen LogP) is 2.91.